The predicted octanol–water partition coefficient (Wildman–Crippen LogP) is 2.22. The Morgan fingerprint density at radius 3 is 2.59 bits per heavy atom. The topological polar surface area (TPSA) is 131 Å². The van der Waals surface area contributed by atoms with E-state index in [0.29, 0.717) is 25.3 Å². The van der Waals surface area contributed by atoms with Crippen LogP contribution in [0.2, 0.25) is 0 Å². The van der Waals surface area contributed by atoms with E-state index < -0.39 is 34.7 Å². The minimum atomic E-state index is -1.62. The van der Waals surface area contributed by atoms with Crippen LogP contribution >= 0.6 is 11.8 Å². The summed E-state index contributed by atoms with van der Waals surface area (Å²) in [5.74, 6) is -1.28. The van der Waals surface area contributed by atoms with Gasteiger partial charge in [-0.3, -0.25) is 19.8 Å². The zero-order chi connectivity index (χ0) is 29.7. The van der Waals surface area contributed by atoms with Gasteiger partial charge >= 0.3 is 0 Å². The molecule has 4 rings (SSSR count). The maximum absolute atomic E-state index is 13.9. The van der Waals surface area contributed by atoms with Crippen molar-refractivity contribution in [2.24, 2.45) is 0 Å². The molecule has 2 aliphatic rings. The molecule has 2 heterocycles. The third kappa shape index (κ3) is 7.21. The molecule has 0 saturated carbocycles. The highest BCUT2D eigenvalue weighted by Gasteiger charge is 2.50. The number of hydrogen-bond acceptors (Lipinski definition) is 8. The SMILES string of the molecule is CCC1CN(NC(=O)C2N(C(=O)C(O)C(Cc3ccccc3)NC(=O)c3cccc(O)c3C)CSC2(C)C)CCO1. The van der Waals surface area contributed by atoms with Gasteiger partial charge in [-0.05, 0) is 51.3 Å². The summed E-state index contributed by atoms with van der Waals surface area (Å²) in [6, 6.07) is 12.1. The number of nitrogens with one attached hydrogen (secondary N) is 2. The van der Waals surface area contributed by atoms with E-state index in [-0.39, 0.29) is 35.6 Å². The van der Waals surface area contributed by atoms with Gasteiger partial charge in [-0.2, -0.15) is 0 Å². The van der Waals surface area contributed by atoms with Crippen LogP contribution < -0.4 is 10.7 Å². The Hall–Kier alpha value is -3.12. The molecule has 11 heteroatoms. The maximum Gasteiger partial charge on any atom is 0.258 e. The molecule has 2 fully saturated rings. The Labute approximate surface area is 245 Å². The fourth-order valence-electron chi connectivity index (χ4n) is 5.26. The highest BCUT2D eigenvalue weighted by atomic mass is 32.2. The van der Waals surface area contributed by atoms with Gasteiger partial charge in [0.15, 0.2) is 6.10 Å². The molecule has 0 radical (unpaired) electrons. The van der Waals surface area contributed by atoms with Crippen molar-refractivity contribution in [1.29, 1.82) is 0 Å². The average molecular weight is 585 g/mol. The summed E-state index contributed by atoms with van der Waals surface area (Å²) >= 11 is 1.46. The van der Waals surface area contributed by atoms with Gasteiger partial charge in [0, 0.05) is 29.0 Å². The first-order valence-corrected chi connectivity index (χ1v) is 14.9. The number of phenolic OH excluding ortho intramolecular Hbond substituents is 1. The van der Waals surface area contributed by atoms with E-state index in [1.165, 1.54) is 22.7 Å². The number of morpholine rings is 1. The summed E-state index contributed by atoms with van der Waals surface area (Å²) in [5, 5.41) is 26.2. The first-order chi connectivity index (χ1) is 19.5. The highest BCUT2D eigenvalue weighted by Crippen LogP contribution is 2.40. The van der Waals surface area contributed by atoms with Crippen molar-refractivity contribution in [2.75, 3.05) is 25.6 Å². The molecular weight excluding hydrogens is 544 g/mol. The van der Waals surface area contributed by atoms with Crippen LogP contribution in [0.1, 0.15) is 48.7 Å². The van der Waals surface area contributed by atoms with E-state index in [1.807, 2.05) is 56.1 Å². The van der Waals surface area contributed by atoms with Crippen molar-refractivity contribution in [3.63, 3.8) is 0 Å². The van der Waals surface area contributed by atoms with Crippen LogP contribution in [0.15, 0.2) is 48.5 Å². The monoisotopic (exact) mass is 584 g/mol. The van der Waals surface area contributed by atoms with E-state index in [4.69, 9.17) is 4.74 Å². The van der Waals surface area contributed by atoms with E-state index in [0.717, 1.165) is 12.0 Å². The Kier molecular flexibility index (Phi) is 9.96. The van der Waals surface area contributed by atoms with E-state index in [2.05, 4.69) is 10.7 Å². The number of rotatable bonds is 9. The molecule has 0 spiro atoms. The number of aliphatic hydroxyl groups is 1. The number of benzene rings is 2. The van der Waals surface area contributed by atoms with Crippen LogP contribution in [-0.4, -0.2) is 92.5 Å². The van der Waals surface area contributed by atoms with Crippen LogP contribution in [0.3, 0.4) is 0 Å². The highest BCUT2D eigenvalue weighted by molar-refractivity contribution is 8.00. The van der Waals surface area contributed by atoms with Gasteiger partial charge < -0.3 is 25.2 Å². The van der Waals surface area contributed by atoms with Gasteiger partial charge in [0.25, 0.3) is 17.7 Å². The van der Waals surface area contributed by atoms with E-state index >= 15 is 0 Å². The van der Waals surface area contributed by atoms with Crippen LogP contribution in [0.4, 0.5) is 0 Å². The number of hydrogen-bond donors (Lipinski definition) is 4. The number of phenols is 1. The number of nitrogens with zero attached hydrogens (tertiary/aromatic N) is 2. The molecule has 2 saturated heterocycles. The fraction of sp³-hybridized carbons (Fsp3) is 0.500. The summed E-state index contributed by atoms with van der Waals surface area (Å²) in [6.07, 6.45) is -0.587. The molecule has 0 aromatic heterocycles. The largest absolute Gasteiger partial charge is 0.508 e. The third-order valence-electron chi connectivity index (χ3n) is 7.74. The van der Waals surface area contributed by atoms with Crippen molar-refractivity contribution in [2.45, 2.75) is 69.6 Å². The summed E-state index contributed by atoms with van der Waals surface area (Å²) in [4.78, 5) is 42.1. The average Bonchev–Trinajstić information content (AvgIpc) is 3.28. The van der Waals surface area contributed by atoms with Gasteiger partial charge in [-0.25, -0.2) is 5.01 Å². The molecule has 222 valence electrons. The zero-order valence-electron chi connectivity index (χ0n) is 24.0. The lowest BCUT2D eigenvalue weighted by molar-refractivity contribution is -0.150. The minimum absolute atomic E-state index is 0.0205. The summed E-state index contributed by atoms with van der Waals surface area (Å²) in [6.45, 7) is 9.07. The molecule has 4 unspecified atom stereocenters. The van der Waals surface area contributed by atoms with Crippen molar-refractivity contribution in [3.05, 3.63) is 65.2 Å². The Balaban J connectivity index is 1.55. The molecule has 0 aliphatic carbocycles. The number of aliphatic hydroxyl groups excluding tert-OH is 1. The summed E-state index contributed by atoms with van der Waals surface area (Å²) in [5.41, 5.74) is 4.43. The molecule has 2 aromatic rings. The molecule has 3 amide bonds. The van der Waals surface area contributed by atoms with Crippen LogP contribution in [-0.2, 0) is 20.7 Å². The Morgan fingerprint density at radius 2 is 1.88 bits per heavy atom. The molecule has 0 bridgehead atoms. The first-order valence-electron chi connectivity index (χ1n) is 13.9. The molecule has 10 nitrogen and oxygen atoms in total. The molecular formula is C30H40N4O6S. The quantitative estimate of drug-likeness (QED) is 0.353. The number of ether oxygens (including phenoxy) is 1. The number of amides is 3. The number of carbonyl (C=O) groups excluding carboxylic acids is 3. The summed E-state index contributed by atoms with van der Waals surface area (Å²) in [7, 11) is 0. The number of hydrazine groups is 1. The van der Waals surface area contributed by atoms with Crippen LogP contribution in [0, 0.1) is 6.92 Å². The van der Waals surface area contributed by atoms with Gasteiger partial charge in [-0.1, -0.05) is 43.3 Å². The number of carbonyl (C=O) groups is 3. The maximum atomic E-state index is 13.9. The standard InChI is InChI=1S/C30H40N4O6S/c1-5-21-17-33(14-15-40-21)32-28(38)26-30(3,4)41-18-34(26)29(39)25(36)23(16-20-10-7-6-8-11-20)31-27(37)22-12-9-13-24(35)19(22)2/h6-13,21,23,25-26,35-36H,5,14-18H2,1-4H3,(H,31,37)(H,32,38). The number of aromatic hydroxyl groups is 1. The van der Waals surface area contributed by atoms with Crippen molar-refractivity contribution < 1.29 is 29.3 Å². The van der Waals surface area contributed by atoms with Crippen LogP contribution in [0.5, 0.6) is 5.75 Å². The molecule has 2 aliphatic heterocycles. The molecule has 2 aromatic carbocycles. The molecule has 4 N–H and O–H groups in total. The second-order valence-electron chi connectivity index (χ2n) is 11.1. The smallest absolute Gasteiger partial charge is 0.258 e. The number of thioether (sulfide) groups is 1. The second kappa shape index (κ2) is 13.2. The normalized spacial score (nSPS) is 22.1. The predicted molar refractivity (Wildman–Crippen MR) is 157 cm³/mol. The Bertz CT molecular complexity index is 1240. The minimum Gasteiger partial charge on any atom is -0.508 e. The van der Waals surface area contributed by atoms with Gasteiger partial charge in [-0.15, -0.1) is 11.8 Å². The lowest BCUT2D eigenvalue weighted by Crippen LogP contribution is -2.61. The van der Waals surface area contributed by atoms with Gasteiger partial charge in [0.2, 0.25) is 0 Å². The lowest BCUT2D eigenvalue weighted by atomic mass is 9.96. The van der Waals surface area contributed by atoms with Crippen LogP contribution in [0.25, 0.3) is 0 Å². The summed E-state index contributed by atoms with van der Waals surface area (Å²) < 4.78 is 5.10. The van der Waals surface area contributed by atoms with Crippen molar-refractivity contribution in [3.8, 4) is 5.75 Å². The van der Waals surface area contributed by atoms with E-state index in [1.54, 1.807) is 19.1 Å². The Morgan fingerprint density at radius 1 is 1.15 bits per heavy atom. The zero-order valence-corrected chi connectivity index (χ0v) is 24.8. The van der Waals surface area contributed by atoms with Crippen molar-refractivity contribution in [1.82, 2.24) is 20.7 Å². The third-order valence-corrected chi connectivity index (χ3v) is 9.11. The first kappa shape index (κ1) is 30.8. The lowest BCUT2D eigenvalue weighted by Gasteiger charge is -2.37. The van der Waals surface area contributed by atoms with Gasteiger partial charge in [0.05, 0.1) is 24.6 Å². The van der Waals surface area contributed by atoms with Crippen molar-refractivity contribution >= 4 is 29.5 Å². The fourth-order valence-corrected chi connectivity index (χ4v) is 6.41. The van der Waals surface area contributed by atoms with Gasteiger partial charge in [0.1, 0.15) is 11.8 Å². The van der Waals surface area contributed by atoms with E-state index in [9.17, 15) is 24.6 Å². The molecule has 4 atom stereocenters. The molecule has 41 heavy (non-hydrogen) atoms. The second-order valence-corrected chi connectivity index (χ2v) is 12.7.